The van der Waals surface area contributed by atoms with E-state index in [1.807, 2.05) is 54.5 Å². The average molecular weight is 739 g/mol. The Labute approximate surface area is 320 Å². The molecule has 0 saturated heterocycles. The summed E-state index contributed by atoms with van der Waals surface area (Å²) >= 11 is 0. The largest absolute Gasteiger partial charge is 0.392 e. The van der Waals surface area contributed by atoms with E-state index < -0.39 is 33.6 Å². The van der Waals surface area contributed by atoms with Crippen molar-refractivity contribution >= 4 is 0 Å². The molecule has 0 aliphatic rings. The summed E-state index contributed by atoms with van der Waals surface area (Å²) in [6.45, 7) is 19.6. The van der Waals surface area contributed by atoms with Gasteiger partial charge in [0, 0.05) is 0 Å². The van der Waals surface area contributed by atoms with Crippen molar-refractivity contribution in [2.24, 2.45) is 0 Å². The van der Waals surface area contributed by atoms with Gasteiger partial charge in [-0.1, -0.05) is 34.9 Å². The van der Waals surface area contributed by atoms with Crippen LogP contribution in [-0.2, 0) is 0 Å². The molecule has 0 fully saturated rings. The lowest BCUT2D eigenvalue weighted by Crippen LogP contribution is -2.31. The highest BCUT2D eigenvalue weighted by Gasteiger charge is 2.29. The molecule has 0 unspecified atom stereocenters. The summed E-state index contributed by atoms with van der Waals surface area (Å²) in [5.41, 5.74) is -1.10. The molecule has 0 bridgehead atoms. The van der Waals surface area contributed by atoms with Crippen LogP contribution in [0.15, 0.2) is 34.9 Å². The fourth-order valence-electron chi connectivity index (χ4n) is 7.33. The normalized spacial score (nSPS) is 19.9. The second-order valence-electron chi connectivity index (χ2n) is 18.7. The summed E-state index contributed by atoms with van der Waals surface area (Å²) in [4.78, 5) is 0. The van der Waals surface area contributed by atoms with E-state index in [4.69, 9.17) is 5.11 Å². The number of aliphatic hydroxyl groups is 7. The minimum atomic E-state index is -0.867. The maximum Gasteiger partial charge on any atom is 0.0622 e. The first-order chi connectivity index (χ1) is 23.8. The first-order valence-electron chi connectivity index (χ1n) is 20.7. The Kier molecular flexibility index (Phi) is 24.0. The lowest BCUT2D eigenvalue weighted by Gasteiger charge is -2.30. The number of allylic oxidation sites excluding steroid dienone is 5. The highest BCUT2D eigenvalue weighted by atomic mass is 16.3. The van der Waals surface area contributed by atoms with Crippen molar-refractivity contribution in [3.63, 3.8) is 0 Å². The minimum absolute atomic E-state index is 0.0920. The Morgan fingerprint density at radius 2 is 0.654 bits per heavy atom. The highest BCUT2D eigenvalue weighted by molar-refractivity contribution is 5.03. The molecule has 0 aliphatic carbocycles. The summed E-state index contributed by atoms with van der Waals surface area (Å²) in [6.07, 6.45) is 22.0. The van der Waals surface area contributed by atoms with Crippen LogP contribution >= 0.6 is 0 Å². The molecule has 0 aromatic carbocycles. The van der Waals surface area contributed by atoms with Crippen molar-refractivity contribution in [3.8, 4) is 0 Å². The van der Waals surface area contributed by atoms with Gasteiger partial charge >= 0.3 is 0 Å². The molecule has 0 aliphatic heterocycles. The van der Waals surface area contributed by atoms with Crippen molar-refractivity contribution < 1.29 is 35.7 Å². The van der Waals surface area contributed by atoms with E-state index >= 15 is 0 Å². The van der Waals surface area contributed by atoms with E-state index in [0.29, 0.717) is 83.5 Å². The monoisotopic (exact) mass is 739 g/mol. The molecule has 6 atom stereocenters. The zero-order chi connectivity index (χ0) is 40.1. The fourth-order valence-corrected chi connectivity index (χ4v) is 7.33. The molecule has 0 saturated carbocycles. The second kappa shape index (κ2) is 24.5. The molecular formula is C45H86O7. The van der Waals surface area contributed by atoms with E-state index in [2.05, 4.69) is 32.9 Å². The maximum atomic E-state index is 11.0. The Morgan fingerprint density at radius 3 is 0.962 bits per heavy atom. The number of hydrogen-bond donors (Lipinski definition) is 7. The van der Waals surface area contributed by atoms with Crippen molar-refractivity contribution in [2.45, 2.75) is 244 Å². The van der Waals surface area contributed by atoms with Crippen LogP contribution in [0.25, 0.3) is 0 Å². The van der Waals surface area contributed by atoms with Crippen LogP contribution in [0.2, 0.25) is 0 Å². The molecule has 0 heterocycles. The average Bonchev–Trinajstić information content (AvgIpc) is 2.95. The Balaban J connectivity index is 4.36. The smallest absolute Gasteiger partial charge is 0.0622 e. The Bertz CT molecular complexity index is 1040. The quantitative estimate of drug-likeness (QED) is 0.0351. The van der Waals surface area contributed by atoms with Gasteiger partial charge < -0.3 is 35.7 Å². The van der Waals surface area contributed by atoms with Crippen molar-refractivity contribution in [2.75, 3.05) is 6.61 Å². The van der Waals surface area contributed by atoms with E-state index in [0.717, 1.165) is 57.8 Å². The molecular weight excluding hydrogens is 652 g/mol. The van der Waals surface area contributed by atoms with Crippen molar-refractivity contribution in [3.05, 3.63) is 34.9 Å². The van der Waals surface area contributed by atoms with Crippen LogP contribution in [0, 0.1) is 0 Å². The molecule has 0 radical (unpaired) electrons. The molecule has 0 aromatic heterocycles. The summed E-state index contributed by atoms with van der Waals surface area (Å²) in [6, 6.07) is 0. The molecule has 7 nitrogen and oxygen atoms in total. The predicted octanol–water partition coefficient (Wildman–Crippen LogP) is 9.93. The highest BCUT2D eigenvalue weighted by Crippen LogP contribution is 2.32. The predicted molar refractivity (Wildman–Crippen MR) is 219 cm³/mol. The van der Waals surface area contributed by atoms with Crippen LogP contribution in [0.4, 0.5) is 0 Å². The van der Waals surface area contributed by atoms with Gasteiger partial charge in [0.2, 0.25) is 0 Å². The lowest BCUT2D eigenvalue weighted by atomic mass is 9.83. The third-order valence-electron chi connectivity index (χ3n) is 11.1. The molecule has 308 valence electrons. The van der Waals surface area contributed by atoms with Crippen LogP contribution < -0.4 is 0 Å². The SMILES string of the molecule is CC(C)=CCC[C@](C)(O)CCC[C@](C)(O)CCC[C@](C)(O)CCC[C@](C)(O)CCC[C@](C)(O)CCC[C@](C)(O)CCC/C(C)=C/CC/C(C)=C/CO. The van der Waals surface area contributed by atoms with E-state index in [1.165, 1.54) is 16.7 Å². The topological polar surface area (TPSA) is 142 Å². The van der Waals surface area contributed by atoms with Gasteiger partial charge in [-0.05, 0) is 210 Å². The lowest BCUT2D eigenvalue weighted by molar-refractivity contribution is -0.00728. The fraction of sp³-hybridized carbons (Fsp3) is 0.867. The van der Waals surface area contributed by atoms with E-state index in [1.54, 1.807) is 0 Å². The first kappa shape index (κ1) is 50.9. The van der Waals surface area contributed by atoms with Gasteiger partial charge in [0.25, 0.3) is 0 Å². The van der Waals surface area contributed by atoms with Crippen LogP contribution in [-0.4, -0.2) is 76.0 Å². The third-order valence-corrected chi connectivity index (χ3v) is 11.1. The third kappa shape index (κ3) is 29.3. The van der Waals surface area contributed by atoms with Crippen molar-refractivity contribution in [1.29, 1.82) is 0 Å². The van der Waals surface area contributed by atoms with Gasteiger partial charge in [0.15, 0.2) is 0 Å². The molecule has 0 aromatic rings. The summed E-state index contributed by atoms with van der Waals surface area (Å²) in [7, 11) is 0. The number of rotatable bonds is 31. The minimum Gasteiger partial charge on any atom is -0.392 e. The van der Waals surface area contributed by atoms with Gasteiger partial charge in [-0.25, -0.2) is 0 Å². The standard InChI is InChI=1S/C45H86O7/c1-37(2)19-12-24-40(5,47)26-14-28-42(7,49)30-16-32-44(9,51)34-18-35-45(10,52)33-17-31-43(8,50)29-15-27-41(6,48)25-13-22-38(3)20-11-21-39(4)23-36-46/h19-20,23,46-52H,11-18,21-22,24-36H2,1-10H3/b38-20+,39-23+/t40-,41+,42-,43+,44-,45+/m0/s1. The molecule has 0 spiro atoms. The van der Waals surface area contributed by atoms with Crippen LogP contribution in [0.3, 0.4) is 0 Å². The first-order valence-corrected chi connectivity index (χ1v) is 20.7. The Hall–Kier alpha value is -1.06. The van der Waals surface area contributed by atoms with Gasteiger partial charge in [0.1, 0.15) is 0 Å². The Morgan fingerprint density at radius 1 is 0.365 bits per heavy atom. The van der Waals surface area contributed by atoms with Gasteiger partial charge in [-0.3, -0.25) is 0 Å². The second-order valence-corrected chi connectivity index (χ2v) is 18.7. The van der Waals surface area contributed by atoms with Crippen molar-refractivity contribution in [1.82, 2.24) is 0 Å². The molecule has 7 heteroatoms. The van der Waals surface area contributed by atoms with E-state index in [-0.39, 0.29) is 6.61 Å². The molecule has 52 heavy (non-hydrogen) atoms. The summed E-state index contributed by atoms with van der Waals surface area (Å²) in [5.74, 6) is 0. The van der Waals surface area contributed by atoms with Crippen LogP contribution in [0.5, 0.6) is 0 Å². The summed E-state index contributed by atoms with van der Waals surface area (Å²) < 4.78 is 0. The van der Waals surface area contributed by atoms with Crippen LogP contribution in [0.1, 0.15) is 210 Å². The van der Waals surface area contributed by atoms with E-state index in [9.17, 15) is 30.6 Å². The summed E-state index contributed by atoms with van der Waals surface area (Å²) in [5, 5.41) is 74.5. The maximum absolute atomic E-state index is 11.0. The van der Waals surface area contributed by atoms with Gasteiger partial charge in [0.05, 0.1) is 40.2 Å². The molecule has 0 rings (SSSR count). The molecule has 7 N–H and O–H groups in total. The number of hydrogen-bond acceptors (Lipinski definition) is 7. The molecule has 0 amide bonds. The zero-order valence-electron chi connectivity index (χ0n) is 35.6. The number of aliphatic hydroxyl groups excluding tert-OH is 1. The van der Waals surface area contributed by atoms with Gasteiger partial charge in [-0.15, -0.1) is 0 Å². The zero-order valence-corrected chi connectivity index (χ0v) is 35.6. The van der Waals surface area contributed by atoms with Gasteiger partial charge in [-0.2, -0.15) is 0 Å².